The van der Waals surface area contributed by atoms with Crippen LogP contribution in [0.25, 0.3) is 0 Å². The van der Waals surface area contributed by atoms with Gasteiger partial charge in [0.05, 0.1) is 0 Å². The van der Waals surface area contributed by atoms with E-state index in [4.69, 9.17) is 0 Å². The van der Waals surface area contributed by atoms with Crippen molar-refractivity contribution in [2.45, 2.75) is 0 Å². The smallest absolute Gasteiger partial charge is 0.0622 e. The van der Waals surface area contributed by atoms with Gasteiger partial charge in [0.2, 0.25) is 0 Å². The summed E-state index contributed by atoms with van der Waals surface area (Å²) in [4.78, 5) is 0. The van der Waals surface area contributed by atoms with Crippen molar-refractivity contribution in [2.75, 3.05) is 0 Å². The van der Waals surface area contributed by atoms with Gasteiger partial charge in [0.1, 0.15) is 0 Å². The number of rotatable bonds is 12. The molecule has 0 aromatic heterocycles. The van der Waals surface area contributed by atoms with E-state index < -0.39 is 31.7 Å². The van der Waals surface area contributed by atoms with Crippen LogP contribution < -0.4 is 63.7 Å². The summed E-state index contributed by atoms with van der Waals surface area (Å²) in [6.07, 6.45) is 0. The minimum absolute atomic E-state index is 0. The van der Waals surface area contributed by atoms with Gasteiger partial charge in [0.15, 0.2) is 0 Å². The van der Waals surface area contributed by atoms with E-state index in [2.05, 4.69) is 364 Å². The maximum Gasteiger partial charge on any atom is 2.00 e. The van der Waals surface area contributed by atoms with E-state index in [0.717, 1.165) is 0 Å². The van der Waals surface area contributed by atoms with E-state index in [1.165, 1.54) is 63.7 Å². The minimum atomic E-state index is -0.446. The van der Waals surface area contributed by atoms with Gasteiger partial charge in [0, 0.05) is 0 Å². The summed E-state index contributed by atoms with van der Waals surface area (Å²) in [7, 11) is -1.78. The van der Waals surface area contributed by atoms with Crippen molar-refractivity contribution >= 4 is 95.3 Å². The topological polar surface area (TPSA) is 0 Å². The zero-order chi connectivity index (χ0) is 51.7. The number of hydrogen-bond donors (Lipinski definition) is 0. The standard InChI is InChI=1S/4C18H15P.2Pd/c4*1-4-10-16(11-5-1)19(17-12-6-2-7-13-17)18-14-8-3-9-15-18;;/h4*1-15H;;/q;;;;2*+2. The second-order valence-corrected chi connectivity index (χ2v) is 26.2. The molecule has 0 atom stereocenters. The molecule has 12 aromatic carbocycles. The first-order valence-electron chi connectivity index (χ1n) is 25.6. The van der Waals surface area contributed by atoms with Crippen LogP contribution in [0.1, 0.15) is 0 Å². The van der Waals surface area contributed by atoms with Gasteiger partial charge < -0.3 is 0 Å². The molecule has 0 aliphatic carbocycles. The average Bonchev–Trinajstić information content (AvgIpc) is 3.51. The van der Waals surface area contributed by atoms with Crippen molar-refractivity contribution < 1.29 is 40.8 Å². The van der Waals surface area contributed by atoms with Gasteiger partial charge in [-0.05, 0) is 95.3 Å². The molecule has 0 aliphatic heterocycles. The Bertz CT molecular complexity index is 2580. The molecule has 0 fully saturated rings. The fourth-order valence-electron chi connectivity index (χ4n) is 8.71. The van der Waals surface area contributed by atoms with Crippen molar-refractivity contribution in [3.05, 3.63) is 364 Å². The molecule has 0 N–H and O–H groups in total. The molecule has 0 bridgehead atoms. The predicted molar refractivity (Wildman–Crippen MR) is 341 cm³/mol. The Morgan fingerprint density at radius 3 is 0.231 bits per heavy atom. The van der Waals surface area contributed by atoms with Crippen LogP contribution in [0.3, 0.4) is 0 Å². The van der Waals surface area contributed by atoms with E-state index in [0.29, 0.717) is 0 Å². The van der Waals surface area contributed by atoms with Crippen LogP contribution >= 0.6 is 31.7 Å². The van der Waals surface area contributed by atoms with Crippen molar-refractivity contribution in [2.24, 2.45) is 0 Å². The van der Waals surface area contributed by atoms with Crippen molar-refractivity contribution in [3.63, 3.8) is 0 Å². The number of benzene rings is 12. The molecular formula is C72H60P4Pd2+4. The Hall–Kier alpha value is -6.32. The molecule has 0 saturated heterocycles. The van der Waals surface area contributed by atoms with Gasteiger partial charge in [-0.2, -0.15) is 0 Å². The molecule has 384 valence electrons. The first kappa shape index (κ1) is 59.3. The second-order valence-electron chi connectivity index (χ2n) is 17.4. The predicted octanol–water partition coefficient (Wildman–Crippen LogP) is 13.8. The fourth-order valence-corrected chi connectivity index (χ4v) is 17.9. The van der Waals surface area contributed by atoms with Crippen LogP contribution in [0.5, 0.6) is 0 Å². The van der Waals surface area contributed by atoms with Crippen LogP contribution in [-0.2, 0) is 40.8 Å². The molecule has 0 amide bonds. The Morgan fingerprint density at radius 2 is 0.167 bits per heavy atom. The summed E-state index contributed by atoms with van der Waals surface area (Å²) in [5.41, 5.74) is 0. The largest absolute Gasteiger partial charge is 2.00 e. The summed E-state index contributed by atoms with van der Waals surface area (Å²) in [5, 5.41) is 16.8. The van der Waals surface area contributed by atoms with E-state index in [-0.39, 0.29) is 40.8 Å². The molecule has 0 unspecified atom stereocenters. The van der Waals surface area contributed by atoms with E-state index >= 15 is 0 Å². The van der Waals surface area contributed by atoms with Crippen LogP contribution in [0.15, 0.2) is 364 Å². The Morgan fingerprint density at radius 1 is 0.103 bits per heavy atom. The van der Waals surface area contributed by atoms with Gasteiger partial charge in [-0.1, -0.05) is 364 Å². The van der Waals surface area contributed by atoms with E-state index in [1.54, 1.807) is 0 Å². The van der Waals surface area contributed by atoms with Crippen LogP contribution in [0.2, 0.25) is 0 Å². The summed E-state index contributed by atoms with van der Waals surface area (Å²) in [6, 6.07) is 129. The molecule has 6 heteroatoms. The van der Waals surface area contributed by atoms with Gasteiger partial charge in [-0.15, -0.1) is 0 Å². The molecule has 0 aliphatic rings. The zero-order valence-corrected chi connectivity index (χ0v) is 49.7. The Labute approximate surface area is 496 Å². The molecule has 12 aromatic rings. The molecule has 0 heterocycles. The molecule has 0 saturated carbocycles. The molecule has 0 nitrogen and oxygen atoms in total. The van der Waals surface area contributed by atoms with Crippen LogP contribution in [0, 0.1) is 0 Å². The van der Waals surface area contributed by atoms with Crippen molar-refractivity contribution in [1.29, 1.82) is 0 Å². The van der Waals surface area contributed by atoms with Crippen molar-refractivity contribution in [1.82, 2.24) is 0 Å². The maximum atomic E-state index is 2.23. The van der Waals surface area contributed by atoms with E-state index in [9.17, 15) is 0 Å². The van der Waals surface area contributed by atoms with Gasteiger partial charge in [-0.3, -0.25) is 0 Å². The molecule has 78 heavy (non-hydrogen) atoms. The van der Waals surface area contributed by atoms with Gasteiger partial charge in [0.25, 0.3) is 0 Å². The molecule has 0 spiro atoms. The normalized spacial score (nSPS) is 10.3. The summed E-state index contributed by atoms with van der Waals surface area (Å²) >= 11 is 0. The van der Waals surface area contributed by atoms with Gasteiger partial charge >= 0.3 is 40.8 Å². The quantitative estimate of drug-likeness (QED) is 0.0845. The maximum absolute atomic E-state index is 2.23. The summed E-state index contributed by atoms with van der Waals surface area (Å²) in [6.45, 7) is 0. The molecule has 0 radical (unpaired) electrons. The third kappa shape index (κ3) is 17.3. The van der Waals surface area contributed by atoms with Crippen molar-refractivity contribution in [3.8, 4) is 0 Å². The van der Waals surface area contributed by atoms with Gasteiger partial charge in [-0.25, -0.2) is 0 Å². The fraction of sp³-hybridized carbons (Fsp3) is 0. The molecular weight excluding hydrogens is 1200 g/mol. The third-order valence-electron chi connectivity index (χ3n) is 12.2. The Balaban J connectivity index is 0.000000149. The first-order chi connectivity index (χ1) is 37.8. The van der Waals surface area contributed by atoms with E-state index in [1.807, 2.05) is 0 Å². The SMILES string of the molecule is [Pd+2].[Pd+2].c1ccc(P(c2ccccc2)c2ccccc2)cc1.c1ccc(P(c2ccccc2)c2ccccc2)cc1.c1ccc(P(c2ccccc2)c2ccccc2)cc1.c1ccc(P(c2ccccc2)c2ccccc2)cc1. The summed E-state index contributed by atoms with van der Waals surface area (Å²) < 4.78 is 0. The third-order valence-corrected chi connectivity index (χ3v) is 21.9. The monoisotopic (exact) mass is 1260 g/mol. The minimum Gasteiger partial charge on any atom is -0.0622 e. The first-order valence-corrected chi connectivity index (χ1v) is 31.0. The van der Waals surface area contributed by atoms with Crippen LogP contribution in [-0.4, -0.2) is 0 Å². The second kappa shape index (κ2) is 33.2. The summed E-state index contributed by atoms with van der Waals surface area (Å²) in [5.74, 6) is 0. The zero-order valence-electron chi connectivity index (χ0n) is 43.1. The number of hydrogen-bond acceptors (Lipinski definition) is 0. The molecule has 12 rings (SSSR count). The Kier molecular flexibility index (Phi) is 25.3. The van der Waals surface area contributed by atoms with Crippen LogP contribution in [0.4, 0.5) is 0 Å². The average molecular weight is 1260 g/mol.